The van der Waals surface area contributed by atoms with Crippen LogP contribution in [0.25, 0.3) is 17.8 Å². The number of hydrogen-bond donors (Lipinski definition) is 1. The lowest BCUT2D eigenvalue weighted by atomic mass is 10.1. The first-order chi connectivity index (χ1) is 14.5. The van der Waals surface area contributed by atoms with Crippen LogP contribution in [0.15, 0.2) is 53.3 Å². The Labute approximate surface area is 177 Å². The van der Waals surface area contributed by atoms with Gasteiger partial charge in [-0.25, -0.2) is 4.79 Å². The van der Waals surface area contributed by atoms with Gasteiger partial charge in [0.2, 0.25) is 0 Å². The van der Waals surface area contributed by atoms with Gasteiger partial charge in [0.1, 0.15) is 17.4 Å². The van der Waals surface area contributed by atoms with E-state index in [1.165, 1.54) is 12.2 Å². The molecule has 8 heteroatoms. The predicted molar refractivity (Wildman–Crippen MR) is 113 cm³/mol. The second-order valence-corrected chi connectivity index (χ2v) is 6.46. The fourth-order valence-electron chi connectivity index (χ4n) is 2.78. The molecule has 0 saturated carbocycles. The van der Waals surface area contributed by atoms with Crippen LogP contribution in [0, 0.1) is 11.3 Å². The first-order valence-electron chi connectivity index (χ1n) is 8.92. The van der Waals surface area contributed by atoms with Gasteiger partial charge in [0.05, 0.1) is 12.3 Å². The molecule has 2 aromatic carbocycles. The number of carbonyl (C=O) groups is 1. The van der Waals surface area contributed by atoms with E-state index >= 15 is 0 Å². The molecule has 0 saturated heterocycles. The summed E-state index contributed by atoms with van der Waals surface area (Å²) in [6, 6.07) is 15.1. The van der Waals surface area contributed by atoms with Crippen molar-refractivity contribution in [2.75, 3.05) is 6.61 Å². The average Bonchev–Trinajstić information content (AvgIpc) is 2.74. The van der Waals surface area contributed by atoms with Crippen LogP contribution in [0.1, 0.15) is 34.1 Å². The van der Waals surface area contributed by atoms with Gasteiger partial charge in [0.25, 0.3) is 5.56 Å². The van der Waals surface area contributed by atoms with Gasteiger partial charge in [-0.1, -0.05) is 42.0 Å². The van der Waals surface area contributed by atoms with Gasteiger partial charge in [-0.2, -0.15) is 15.0 Å². The fraction of sp³-hybridized carbons (Fsp3) is 0.0909. The predicted octanol–water partition coefficient (Wildman–Crippen LogP) is 4.02. The Morgan fingerprint density at radius 1 is 1.23 bits per heavy atom. The van der Waals surface area contributed by atoms with E-state index in [9.17, 15) is 20.0 Å². The molecule has 3 rings (SSSR count). The monoisotopic (exact) mass is 421 g/mol. The zero-order valence-electron chi connectivity index (χ0n) is 15.9. The summed E-state index contributed by atoms with van der Waals surface area (Å²) in [6.07, 6.45) is 2.90. The number of nitriles is 1. The smallest absolute Gasteiger partial charge is 0.357 e. The summed E-state index contributed by atoms with van der Waals surface area (Å²) >= 11 is 6.11. The Balaban J connectivity index is 2.17. The van der Waals surface area contributed by atoms with Crippen molar-refractivity contribution in [1.29, 1.82) is 5.26 Å². The lowest BCUT2D eigenvalue weighted by Gasteiger charge is -2.10. The number of rotatable bonds is 6. The summed E-state index contributed by atoms with van der Waals surface area (Å²) < 4.78 is 6.26. The highest BCUT2D eigenvalue weighted by atomic mass is 35.5. The van der Waals surface area contributed by atoms with Crippen molar-refractivity contribution in [3.63, 3.8) is 0 Å². The van der Waals surface area contributed by atoms with Crippen LogP contribution >= 0.6 is 11.6 Å². The minimum absolute atomic E-state index is 0.0860. The topological polar surface area (TPSA) is 105 Å². The van der Waals surface area contributed by atoms with Gasteiger partial charge in [0.15, 0.2) is 5.69 Å². The zero-order chi connectivity index (χ0) is 21.7. The second-order valence-electron chi connectivity index (χ2n) is 6.05. The maximum absolute atomic E-state index is 12.9. The number of carboxylic acid groups (broad SMARTS) is 1. The third kappa shape index (κ3) is 4.24. The Morgan fingerprint density at radius 3 is 2.53 bits per heavy atom. The lowest BCUT2D eigenvalue weighted by molar-refractivity contribution is 0.0688. The summed E-state index contributed by atoms with van der Waals surface area (Å²) in [5.41, 5.74) is -0.662. The molecule has 0 unspecified atom stereocenters. The van der Waals surface area contributed by atoms with Crippen molar-refractivity contribution in [3.8, 4) is 17.5 Å². The van der Waals surface area contributed by atoms with Crippen LogP contribution in [0.2, 0.25) is 5.02 Å². The van der Waals surface area contributed by atoms with Crippen molar-refractivity contribution in [1.82, 2.24) is 9.78 Å². The molecule has 0 amide bonds. The maximum atomic E-state index is 12.9. The fourth-order valence-corrected chi connectivity index (χ4v) is 2.97. The molecular weight excluding hydrogens is 406 g/mol. The molecule has 1 aromatic heterocycles. The average molecular weight is 422 g/mol. The zero-order valence-corrected chi connectivity index (χ0v) is 16.6. The summed E-state index contributed by atoms with van der Waals surface area (Å²) in [4.78, 5) is 24.7. The summed E-state index contributed by atoms with van der Waals surface area (Å²) in [5, 5.41) is 23.7. The lowest BCUT2D eigenvalue weighted by Crippen LogP contribution is -2.28. The highest BCUT2D eigenvalue weighted by Crippen LogP contribution is 2.21. The molecule has 1 N–H and O–H groups in total. The van der Waals surface area contributed by atoms with E-state index in [-0.39, 0.29) is 11.1 Å². The van der Waals surface area contributed by atoms with Crippen LogP contribution in [-0.2, 0) is 0 Å². The molecule has 0 aliphatic carbocycles. The van der Waals surface area contributed by atoms with E-state index in [0.717, 1.165) is 4.68 Å². The number of aromatic carboxylic acids is 1. The normalized spacial score (nSPS) is 10.7. The molecule has 0 bridgehead atoms. The molecule has 1 heterocycles. The SMILES string of the molecule is CCOc1ccc(-n2nc(C(=O)O)c(/C=C\c3ccccc3Cl)c(C#N)c2=O)cc1. The summed E-state index contributed by atoms with van der Waals surface area (Å²) in [5.74, 6) is -0.780. The van der Waals surface area contributed by atoms with E-state index in [2.05, 4.69) is 5.10 Å². The highest BCUT2D eigenvalue weighted by molar-refractivity contribution is 6.32. The quantitative estimate of drug-likeness (QED) is 0.644. The van der Waals surface area contributed by atoms with E-state index in [4.69, 9.17) is 16.3 Å². The number of nitrogens with zero attached hydrogens (tertiary/aromatic N) is 3. The number of carboxylic acids is 1. The van der Waals surface area contributed by atoms with E-state index in [0.29, 0.717) is 28.6 Å². The number of aromatic nitrogens is 2. The minimum atomic E-state index is -1.37. The summed E-state index contributed by atoms with van der Waals surface area (Å²) in [7, 11) is 0. The Hall–Kier alpha value is -3.89. The molecule has 0 aliphatic heterocycles. The molecule has 7 nitrogen and oxygen atoms in total. The van der Waals surface area contributed by atoms with Crippen molar-refractivity contribution in [2.24, 2.45) is 0 Å². The van der Waals surface area contributed by atoms with Crippen LogP contribution in [0.4, 0.5) is 0 Å². The minimum Gasteiger partial charge on any atom is -0.494 e. The van der Waals surface area contributed by atoms with Crippen molar-refractivity contribution >= 4 is 29.7 Å². The Bertz CT molecular complexity index is 1220. The van der Waals surface area contributed by atoms with Crippen molar-refractivity contribution in [3.05, 3.63) is 86.3 Å². The number of hydrogen-bond acceptors (Lipinski definition) is 5. The molecule has 0 aliphatic rings. The molecule has 3 aromatic rings. The van der Waals surface area contributed by atoms with E-state index in [1.807, 2.05) is 6.92 Å². The number of halogens is 1. The van der Waals surface area contributed by atoms with Gasteiger partial charge in [-0.15, -0.1) is 0 Å². The van der Waals surface area contributed by atoms with Gasteiger partial charge < -0.3 is 9.84 Å². The number of benzene rings is 2. The van der Waals surface area contributed by atoms with Crippen LogP contribution in [0.3, 0.4) is 0 Å². The standard InChI is InChI=1S/C22H16ClN3O4/c1-2-30-16-10-8-15(9-11-16)26-21(27)18(13-24)17(20(25-26)22(28)29)12-7-14-5-3-4-6-19(14)23/h3-12H,2H2,1H3,(H,28,29)/b12-7-. The van der Waals surface area contributed by atoms with Crippen LogP contribution in [-0.4, -0.2) is 27.5 Å². The third-order valence-electron chi connectivity index (χ3n) is 4.17. The molecule has 30 heavy (non-hydrogen) atoms. The van der Waals surface area contributed by atoms with Crippen LogP contribution < -0.4 is 10.3 Å². The highest BCUT2D eigenvalue weighted by Gasteiger charge is 2.21. The van der Waals surface area contributed by atoms with E-state index in [1.54, 1.807) is 54.6 Å². The van der Waals surface area contributed by atoms with Gasteiger partial charge in [0, 0.05) is 10.6 Å². The first-order valence-corrected chi connectivity index (χ1v) is 9.30. The third-order valence-corrected chi connectivity index (χ3v) is 4.52. The van der Waals surface area contributed by atoms with Crippen molar-refractivity contribution < 1.29 is 14.6 Å². The Morgan fingerprint density at radius 2 is 1.93 bits per heavy atom. The van der Waals surface area contributed by atoms with E-state index < -0.39 is 17.2 Å². The van der Waals surface area contributed by atoms with Crippen molar-refractivity contribution in [2.45, 2.75) is 6.92 Å². The molecule has 0 radical (unpaired) electrons. The van der Waals surface area contributed by atoms with Gasteiger partial charge >= 0.3 is 5.97 Å². The Kier molecular flexibility index (Phi) is 6.30. The van der Waals surface area contributed by atoms with Crippen LogP contribution in [0.5, 0.6) is 5.75 Å². The van der Waals surface area contributed by atoms with Gasteiger partial charge in [-0.3, -0.25) is 4.79 Å². The first kappa shape index (κ1) is 20.8. The molecule has 0 fully saturated rings. The maximum Gasteiger partial charge on any atom is 0.357 e. The van der Waals surface area contributed by atoms with Gasteiger partial charge in [-0.05, 0) is 42.8 Å². The molecule has 150 valence electrons. The molecular formula is C22H16ClN3O4. The molecule has 0 atom stereocenters. The largest absolute Gasteiger partial charge is 0.494 e. The second kappa shape index (κ2) is 9.07. The molecule has 0 spiro atoms. The summed E-state index contributed by atoms with van der Waals surface area (Å²) in [6.45, 7) is 2.32. The number of ether oxygens (including phenoxy) is 1.